The van der Waals surface area contributed by atoms with Crippen LogP contribution < -0.4 is 16.4 Å². The molecular weight excluding hydrogens is 475 g/mol. The molecule has 0 unspecified atom stereocenters. The molecule has 36 heavy (non-hydrogen) atoms. The van der Waals surface area contributed by atoms with Gasteiger partial charge in [0, 0.05) is 12.0 Å². The first-order valence-corrected chi connectivity index (χ1v) is 10.9. The summed E-state index contributed by atoms with van der Waals surface area (Å²) in [4.78, 5) is 37.6. The molecule has 5 N–H and O–H groups in total. The quantitative estimate of drug-likeness (QED) is 0.362. The van der Waals surface area contributed by atoms with Gasteiger partial charge in [0.05, 0.1) is 11.6 Å². The van der Waals surface area contributed by atoms with E-state index in [0.29, 0.717) is 16.7 Å². The zero-order valence-electron chi connectivity index (χ0n) is 18.9. The minimum Gasteiger partial charge on any atom is -0.381 e. The van der Waals surface area contributed by atoms with Crippen LogP contribution in [0.15, 0.2) is 84.9 Å². The number of nitrogens with two attached hydrogens (primary N) is 1. The molecule has 3 aromatic carbocycles. The second-order valence-corrected chi connectivity index (χ2v) is 8.04. The third kappa shape index (κ3) is 6.92. The number of carbonyl (C=O) groups is 3. The number of hydrogen-bond acceptors (Lipinski definition) is 4. The topological polar surface area (TPSA) is 122 Å². The fourth-order valence-corrected chi connectivity index (χ4v) is 3.52. The van der Waals surface area contributed by atoms with Crippen LogP contribution in [0.2, 0.25) is 0 Å². The maximum Gasteiger partial charge on any atom is 0.416 e. The van der Waals surface area contributed by atoms with Gasteiger partial charge in [0.15, 0.2) is 6.10 Å². The molecule has 3 rings (SSSR count). The van der Waals surface area contributed by atoms with Gasteiger partial charge in [-0.2, -0.15) is 13.2 Å². The fraction of sp³-hybridized carbons (Fsp3) is 0.192. The normalized spacial score (nSPS) is 13.8. The van der Waals surface area contributed by atoms with Gasteiger partial charge in [0.2, 0.25) is 5.91 Å². The van der Waals surface area contributed by atoms with Gasteiger partial charge in [-0.05, 0) is 35.4 Å². The number of halogens is 3. The maximum absolute atomic E-state index is 12.9. The van der Waals surface area contributed by atoms with E-state index in [-0.39, 0.29) is 6.42 Å². The lowest BCUT2D eigenvalue weighted by molar-refractivity contribution is -0.137. The highest BCUT2D eigenvalue weighted by molar-refractivity contribution is 5.95. The number of hydrogen-bond donors (Lipinski definition) is 4. The Morgan fingerprint density at radius 3 is 1.92 bits per heavy atom. The number of alkyl halides is 3. The Hall–Kier alpha value is -4.18. The van der Waals surface area contributed by atoms with Crippen molar-refractivity contribution in [2.75, 3.05) is 0 Å². The molecule has 0 saturated carbocycles. The number of benzene rings is 3. The van der Waals surface area contributed by atoms with E-state index in [9.17, 15) is 32.7 Å². The molecule has 0 spiro atoms. The second-order valence-electron chi connectivity index (χ2n) is 8.04. The highest BCUT2D eigenvalue weighted by Gasteiger charge is 2.32. The number of rotatable bonds is 9. The molecule has 0 heterocycles. The first-order valence-electron chi connectivity index (χ1n) is 10.9. The largest absolute Gasteiger partial charge is 0.416 e. The molecular formula is C26H24F3N3O4. The smallest absolute Gasteiger partial charge is 0.381 e. The summed E-state index contributed by atoms with van der Waals surface area (Å²) in [7, 11) is 0. The van der Waals surface area contributed by atoms with Crippen LogP contribution in [0.1, 0.15) is 33.1 Å². The van der Waals surface area contributed by atoms with Crippen molar-refractivity contribution in [3.63, 3.8) is 0 Å². The van der Waals surface area contributed by atoms with E-state index in [4.69, 9.17) is 5.73 Å². The summed E-state index contributed by atoms with van der Waals surface area (Å²) >= 11 is 0. The van der Waals surface area contributed by atoms with E-state index < -0.39 is 47.6 Å². The van der Waals surface area contributed by atoms with Crippen LogP contribution in [-0.2, 0) is 22.2 Å². The predicted molar refractivity (Wildman–Crippen MR) is 125 cm³/mol. The molecule has 0 bridgehead atoms. The van der Waals surface area contributed by atoms with E-state index in [2.05, 4.69) is 10.6 Å². The monoisotopic (exact) mass is 499 g/mol. The summed E-state index contributed by atoms with van der Waals surface area (Å²) < 4.78 is 38.4. The number of amides is 3. The summed E-state index contributed by atoms with van der Waals surface area (Å²) in [5.41, 5.74) is 5.59. The fourth-order valence-electron chi connectivity index (χ4n) is 3.52. The van der Waals surface area contributed by atoms with Crippen LogP contribution >= 0.6 is 0 Å². The van der Waals surface area contributed by atoms with Crippen molar-refractivity contribution in [1.82, 2.24) is 10.6 Å². The average Bonchev–Trinajstić information content (AvgIpc) is 2.87. The van der Waals surface area contributed by atoms with Crippen LogP contribution in [0.3, 0.4) is 0 Å². The lowest BCUT2D eigenvalue weighted by Crippen LogP contribution is -2.52. The molecule has 0 aromatic heterocycles. The van der Waals surface area contributed by atoms with Gasteiger partial charge in [-0.1, -0.05) is 60.7 Å². The van der Waals surface area contributed by atoms with Crippen molar-refractivity contribution in [2.45, 2.75) is 30.8 Å². The zero-order chi connectivity index (χ0) is 26.3. The van der Waals surface area contributed by atoms with Gasteiger partial charge in [-0.25, -0.2) is 0 Å². The Balaban J connectivity index is 1.76. The second kappa shape index (κ2) is 11.5. The molecule has 0 aliphatic carbocycles. The van der Waals surface area contributed by atoms with Gasteiger partial charge in [-0.3, -0.25) is 14.4 Å². The molecule has 0 aliphatic rings. The standard InChI is InChI=1S/C26H24F3N3O4/c27-26(28,29)19-13-11-16(12-14-19)15-20(23(30)34)31-25(36)22(33)21(17-7-3-1-4-8-17)32-24(35)18-9-5-2-6-10-18/h1-14,20-22,33H,15H2,(H2,30,34)(H,31,36)(H,32,35)/t20-,21-,22+/m0/s1. The van der Waals surface area contributed by atoms with Gasteiger partial charge in [-0.15, -0.1) is 0 Å². The van der Waals surface area contributed by atoms with Gasteiger partial charge in [0.25, 0.3) is 11.8 Å². The van der Waals surface area contributed by atoms with Crippen LogP contribution in [-0.4, -0.2) is 35.0 Å². The Morgan fingerprint density at radius 1 is 0.833 bits per heavy atom. The van der Waals surface area contributed by atoms with E-state index in [1.54, 1.807) is 60.7 Å². The van der Waals surface area contributed by atoms with E-state index in [1.165, 1.54) is 12.1 Å². The molecule has 0 fully saturated rings. The highest BCUT2D eigenvalue weighted by Crippen LogP contribution is 2.29. The molecule has 10 heteroatoms. The molecule has 7 nitrogen and oxygen atoms in total. The Bertz CT molecular complexity index is 1190. The number of carbonyl (C=O) groups excluding carboxylic acids is 3. The summed E-state index contributed by atoms with van der Waals surface area (Å²) in [6.45, 7) is 0. The van der Waals surface area contributed by atoms with Crippen LogP contribution in [0.25, 0.3) is 0 Å². The number of aliphatic hydroxyl groups is 1. The lowest BCUT2D eigenvalue weighted by Gasteiger charge is -2.26. The Morgan fingerprint density at radius 2 is 1.39 bits per heavy atom. The average molecular weight is 499 g/mol. The first-order chi connectivity index (χ1) is 17.1. The van der Waals surface area contributed by atoms with Crippen molar-refractivity contribution >= 4 is 17.7 Å². The van der Waals surface area contributed by atoms with Gasteiger partial charge >= 0.3 is 6.18 Å². The third-order valence-electron chi connectivity index (χ3n) is 5.45. The lowest BCUT2D eigenvalue weighted by atomic mass is 9.99. The number of nitrogens with one attached hydrogen (secondary N) is 2. The molecule has 3 atom stereocenters. The molecule has 0 saturated heterocycles. The van der Waals surface area contributed by atoms with Gasteiger partial charge in [0.1, 0.15) is 6.04 Å². The minimum atomic E-state index is -4.52. The van der Waals surface area contributed by atoms with Crippen molar-refractivity contribution in [3.05, 3.63) is 107 Å². The summed E-state index contributed by atoms with van der Waals surface area (Å²) in [5.74, 6) is -2.47. The highest BCUT2D eigenvalue weighted by atomic mass is 19.4. The van der Waals surface area contributed by atoms with E-state index >= 15 is 0 Å². The molecule has 3 aromatic rings. The van der Waals surface area contributed by atoms with E-state index in [1.807, 2.05) is 0 Å². The Kier molecular flexibility index (Phi) is 8.44. The molecule has 3 amide bonds. The number of primary amides is 1. The van der Waals surface area contributed by atoms with Crippen molar-refractivity contribution in [1.29, 1.82) is 0 Å². The number of aliphatic hydroxyl groups excluding tert-OH is 1. The van der Waals surface area contributed by atoms with E-state index in [0.717, 1.165) is 12.1 Å². The Labute approximate surface area is 205 Å². The molecule has 0 aliphatic heterocycles. The van der Waals surface area contributed by atoms with Crippen molar-refractivity contribution in [3.8, 4) is 0 Å². The minimum absolute atomic E-state index is 0.196. The van der Waals surface area contributed by atoms with Crippen molar-refractivity contribution in [2.24, 2.45) is 5.73 Å². The van der Waals surface area contributed by atoms with Crippen LogP contribution in [0, 0.1) is 0 Å². The predicted octanol–water partition coefficient (Wildman–Crippen LogP) is 2.75. The zero-order valence-corrected chi connectivity index (χ0v) is 18.9. The maximum atomic E-state index is 12.9. The van der Waals surface area contributed by atoms with Crippen LogP contribution in [0.4, 0.5) is 13.2 Å². The summed E-state index contributed by atoms with van der Waals surface area (Å²) in [6.07, 6.45) is -6.52. The third-order valence-corrected chi connectivity index (χ3v) is 5.45. The van der Waals surface area contributed by atoms with Crippen LogP contribution in [0.5, 0.6) is 0 Å². The molecule has 188 valence electrons. The first kappa shape index (κ1) is 26.4. The summed E-state index contributed by atoms with van der Waals surface area (Å²) in [5, 5.41) is 15.8. The molecule has 0 radical (unpaired) electrons. The summed E-state index contributed by atoms with van der Waals surface area (Å²) in [6, 6.07) is 18.0. The van der Waals surface area contributed by atoms with Gasteiger partial charge < -0.3 is 21.5 Å². The van der Waals surface area contributed by atoms with Crippen molar-refractivity contribution < 1.29 is 32.7 Å². The SMILES string of the molecule is NC(=O)[C@H](Cc1ccc(C(F)(F)F)cc1)NC(=O)[C@H](O)[C@@H](NC(=O)c1ccccc1)c1ccccc1.